The number of benzene rings is 2. The van der Waals surface area contributed by atoms with Crippen LogP contribution < -0.4 is 0 Å². The molecule has 0 saturated heterocycles. The first-order valence-electron chi connectivity index (χ1n) is 7.32. The van der Waals surface area contributed by atoms with E-state index in [0.717, 1.165) is 24.0 Å². The molecule has 2 N–H and O–H groups in total. The second-order valence-electron chi connectivity index (χ2n) is 6.06. The van der Waals surface area contributed by atoms with Gasteiger partial charge in [0.25, 0.3) is 0 Å². The SMILES string of the molecule is CN(C)[C@@H]1Cc2cc(O)c(O)cc2[C@@H](c2ccccc2)C1. The number of phenols is 2. The van der Waals surface area contributed by atoms with Gasteiger partial charge in [-0.05, 0) is 55.8 Å². The molecule has 0 unspecified atom stereocenters. The number of rotatable bonds is 2. The number of nitrogens with zero attached hydrogens (tertiary/aromatic N) is 1. The quantitative estimate of drug-likeness (QED) is 0.832. The van der Waals surface area contributed by atoms with Crippen molar-refractivity contribution in [2.24, 2.45) is 0 Å². The summed E-state index contributed by atoms with van der Waals surface area (Å²) in [5.74, 6) is 0.201. The Hall–Kier alpha value is -2.00. The van der Waals surface area contributed by atoms with Crippen molar-refractivity contribution in [1.82, 2.24) is 4.90 Å². The van der Waals surface area contributed by atoms with Crippen molar-refractivity contribution in [1.29, 1.82) is 0 Å². The molecule has 0 bridgehead atoms. The van der Waals surface area contributed by atoms with Gasteiger partial charge in [-0.15, -0.1) is 0 Å². The first kappa shape index (κ1) is 14.0. The van der Waals surface area contributed by atoms with Gasteiger partial charge in [0.15, 0.2) is 11.5 Å². The second kappa shape index (κ2) is 5.41. The molecule has 2 aromatic rings. The minimum Gasteiger partial charge on any atom is -0.504 e. The lowest BCUT2D eigenvalue weighted by atomic mass is 9.76. The van der Waals surface area contributed by atoms with E-state index in [4.69, 9.17) is 0 Å². The van der Waals surface area contributed by atoms with Gasteiger partial charge in [-0.3, -0.25) is 0 Å². The number of fused-ring (bicyclic) bond motifs is 1. The Bertz CT molecular complexity index is 637. The zero-order chi connectivity index (χ0) is 15.0. The normalized spacial score (nSPS) is 21.3. The summed E-state index contributed by atoms with van der Waals surface area (Å²) in [6.07, 6.45) is 1.92. The predicted octanol–water partition coefficient (Wildman–Crippen LogP) is 3.11. The van der Waals surface area contributed by atoms with Crippen molar-refractivity contribution in [3.63, 3.8) is 0 Å². The number of likely N-dealkylation sites (N-methyl/N-ethyl adjacent to an activating group) is 1. The largest absolute Gasteiger partial charge is 0.504 e. The molecule has 0 radical (unpaired) electrons. The molecule has 2 atom stereocenters. The van der Waals surface area contributed by atoms with E-state index in [-0.39, 0.29) is 17.4 Å². The van der Waals surface area contributed by atoms with Crippen LogP contribution in [0, 0.1) is 0 Å². The van der Waals surface area contributed by atoms with Gasteiger partial charge < -0.3 is 15.1 Å². The molecule has 1 aliphatic rings. The third kappa shape index (κ3) is 2.61. The maximum atomic E-state index is 9.85. The molecule has 2 aromatic carbocycles. The average Bonchev–Trinajstić information content (AvgIpc) is 2.48. The van der Waals surface area contributed by atoms with Crippen molar-refractivity contribution in [2.45, 2.75) is 24.8 Å². The van der Waals surface area contributed by atoms with Crippen molar-refractivity contribution in [3.8, 4) is 11.5 Å². The zero-order valence-electron chi connectivity index (χ0n) is 12.5. The molecular formula is C18H21NO2. The number of aromatic hydroxyl groups is 2. The van der Waals surface area contributed by atoms with Crippen LogP contribution >= 0.6 is 0 Å². The lowest BCUT2D eigenvalue weighted by Gasteiger charge is -2.35. The van der Waals surface area contributed by atoms with Crippen molar-refractivity contribution >= 4 is 0 Å². The smallest absolute Gasteiger partial charge is 0.157 e. The van der Waals surface area contributed by atoms with E-state index < -0.39 is 0 Å². The van der Waals surface area contributed by atoms with Gasteiger partial charge in [-0.1, -0.05) is 30.3 Å². The summed E-state index contributed by atoms with van der Waals surface area (Å²) in [6.45, 7) is 0. The Balaban J connectivity index is 2.10. The van der Waals surface area contributed by atoms with Crippen LogP contribution in [-0.2, 0) is 6.42 Å². The summed E-state index contributed by atoms with van der Waals surface area (Å²) in [5.41, 5.74) is 3.52. The van der Waals surface area contributed by atoms with Crippen LogP contribution in [0.5, 0.6) is 11.5 Å². The number of hydrogen-bond acceptors (Lipinski definition) is 3. The van der Waals surface area contributed by atoms with Crippen molar-refractivity contribution in [3.05, 3.63) is 59.2 Å². The maximum Gasteiger partial charge on any atom is 0.157 e. The van der Waals surface area contributed by atoms with E-state index in [9.17, 15) is 10.2 Å². The Morgan fingerprint density at radius 1 is 1.00 bits per heavy atom. The van der Waals surface area contributed by atoms with Gasteiger partial charge in [-0.25, -0.2) is 0 Å². The molecule has 0 saturated carbocycles. The summed E-state index contributed by atoms with van der Waals surface area (Å²) in [4.78, 5) is 2.24. The zero-order valence-corrected chi connectivity index (χ0v) is 12.5. The van der Waals surface area contributed by atoms with Crippen LogP contribution in [0.25, 0.3) is 0 Å². The van der Waals surface area contributed by atoms with E-state index in [0.29, 0.717) is 6.04 Å². The van der Waals surface area contributed by atoms with Crippen LogP contribution in [0.3, 0.4) is 0 Å². The summed E-state index contributed by atoms with van der Waals surface area (Å²) in [5, 5.41) is 19.6. The monoisotopic (exact) mass is 283 g/mol. The van der Waals surface area contributed by atoms with Crippen LogP contribution in [0.15, 0.2) is 42.5 Å². The van der Waals surface area contributed by atoms with E-state index in [2.05, 4.69) is 43.3 Å². The summed E-state index contributed by atoms with van der Waals surface area (Å²) in [6, 6.07) is 14.3. The lowest BCUT2D eigenvalue weighted by Crippen LogP contribution is -2.35. The number of hydrogen-bond donors (Lipinski definition) is 2. The van der Waals surface area contributed by atoms with Gasteiger partial charge in [0.05, 0.1) is 0 Å². The summed E-state index contributed by atoms with van der Waals surface area (Å²) in [7, 11) is 4.19. The first-order valence-corrected chi connectivity index (χ1v) is 7.32. The molecule has 0 aliphatic heterocycles. The molecule has 3 nitrogen and oxygen atoms in total. The van der Waals surface area contributed by atoms with Crippen LogP contribution in [0.1, 0.15) is 29.0 Å². The van der Waals surface area contributed by atoms with Gasteiger partial charge >= 0.3 is 0 Å². The van der Waals surface area contributed by atoms with Crippen LogP contribution in [0.4, 0.5) is 0 Å². The Morgan fingerprint density at radius 2 is 1.67 bits per heavy atom. The fraction of sp³-hybridized carbons (Fsp3) is 0.333. The highest BCUT2D eigenvalue weighted by Gasteiger charge is 2.30. The molecule has 21 heavy (non-hydrogen) atoms. The minimum absolute atomic E-state index is 0.0278. The Kier molecular flexibility index (Phi) is 3.60. The average molecular weight is 283 g/mol. The molecule has 0 amide bonds. The Labute approximate surface area is 125 Å². The first-order chi connectivity index (χ1) is 10.1. The van der Waals surface area contributed by atoms with Crippen molar-refractivity contribution < 1.29 is 10.2 Å². The standard InChI is InChI=1S/C18H21NO2/c1-19(2)14-8-13-9-17(20)18(21)11-16(13)15(10-14)12-6-4-3-5-7-12/h3-7,9,11,14-15,20-21H,8,10H2,1-2H3/t14-,15-/m1/s1. The van der Waals surface area contributed by atoms with Gasteiger partial charge in [0.1, 0.15) is 0 Å². The molecule has 0 spiro atoms. The topological polar surface area (TPSA) is 43.7 Å². The third-order valence-corrected chi connectivity index (χ3v) is 4.51. The minimum atomic E-state index is -0.0296. The van der Waals surface area contributed by atoms with Gasteiger partial charge in [0.2, 0.25) is 0 Å². The predicted molar refractivity (Wildman–Crippen MR) is 83.9 cm³/mol. The highest BCUT2D eigenvalue weighted by molar-refractivity contribution is 5.51. The molecule has 0 fully saturated rings. The molecule has 3 rings (SSSR count). The fourth-order valence-corrected chi connectivity index (χ4v) is 3.27. The second-order valence-corrected chi connectivity index (χ2v) is 6.06. The summed E-state index contributed by atoms with van der Waals surface area (Å²) >= 11 is 0. The third-order valence-electron chi connectivity index (χ3n) is 4.51. The molecule has 3 heteroatoms. The summed E-state index contributed by atoms with van der Waals surface area (Å²) < 4.78 is 0. The van der Waals surface area contributed by atoms with E-state index in [1.165, 1.54) is 5.56 Å². The molecular weight excluding hydrogens is 262 g/mol. The highest BCUT2D eigenvalue weighted by Crippen LogP contribution is 2.42. The fourth-order valence-electron chi connectivity index (χ4n) is 3.27. The maximum absolute atomic E-state index is 9.85. The van der Waals surface area contributed by atoms with E-state index in [1.54, 1.807) is 12.1 Å². The molecule has 0 heterocycles. The highest BCUT2D eigenvalue weighted by atomic mass is 16.3. The lowest BCUT2D eigenvalue weighted by molar-refractivity contribution is 0.257. The number of phenolic OH excluding ortho intramolecular Hbond substituents is 2. The van der Waals surface area contributed by atoms with Crippen LogP contribution in [-0.4, -0.2) is 35.3 Å². The van der Waals surface area contributed by atoms with Gasteiger partial charge in [-0.2, -0.15) is 0 Å². The Morgan fingerprint density at radius 3 is 2.33 bits per heavy atom. The van der Waals surface area contributed by atoms with Gasteiger partial charge in [0, 0.05) is 12.0 Å². The molecule has 110 valence electrons. The van der Waals surface area contributed by atoms with Crippen molar-refractivity contribution in [2.75, 3.05) is 14.1 Å². The van der Waals surface area contributed by atoms with E-state index in [1.807, 2.05) is 6.07 Å². The molecule has 0 aromatic heterocycles. The molecule has 1 aliphatic carbocycles. The van der Waals surface area contributed by atoms with E-state index >= 15 is 0 Å². The van der Waals surface area contributed by atoms with Crippen LogP contribution in [0.2, 0.25) is 0 Å².